The van der Waals surface area contributed by atoms with E-state index < -0.39 is 73.0 Å². The van der Waals surface area contributed by atoms with E-state index in [-0.39, 0.29) is 23.7 Å². The molecule has 6 fully saturated rings. The number of carbonyl (C=O) groups excluding carboxylic acids is 2. The van der Waals surface area contributed by atoms with Crippen LogP contribution in [0.4, 0.5) is 23.2 Å². The first-order valence-corrected chi connectivity index (χ1v) is 28.5. The minimum Gasteiger partial charge on any atom is -0.743 e. The van der Waals surface area contributed by atoms with Crippen molar-refractivity contribution in [1.82, 2.24) is 4.90 Å². The number of fused-ring (bicyclic) bond motifs is 2. The third kappa shape index (κ3) is 16.0. The Labute approximate surface area is 417 Å². The van der Waals surface area contributed by atoms with Gasteiger partial charge < -0.3 is 28.6 Å². The lowest BCUT2D eigenvalue weighted by atomic mass is 9.88. The Morgan fingerprint density at radius 1 is 0.771 bits per heavy atom. The number of unbranched alkanes of at least 4 members (excludes halogenated alkanes) is 2. The quantitative estimate of drug-likeness (QED) is 0.0717. The molecule has 0 radical (unpaired) electrons. The minimum atomic E-state index is -6.07. The number of carbonyl (C=O) groups is 2. The van der Waals surface area contributed by atoms with Crippen LogP contribution in [0.2, 0.25) is 0 Å². The van der Waals surface area contributed by atoms with Crippen LogP contribution in [-0.2, 0) is 48.2 Å². The highest BCUT2D eigenvalue weighted by Gasteiger charge is 2.66. The van der Waals surface area contributed by atoms with Crippen LogP contribution in [0.3, 0.4) is 0 Å². The van der Waals surface area contributed by atoms with E-state index in [0.29, 0.717) is 44.4 Å². The monoisotopic (exact) mass is 1040 g/mol. The van der Waals surface area contributed by atoms with Gasteiger partial charge in [-0.2, -0.15) is 26.0 Å². The number of benzene rings is 1. The van der Waals surface area contributed by atoms with Gasteiger partial charge in [0.15, 0.2) is 10.1 Å². The molecule has 2 heterocycles. The van der Waals surface area contributed by atoms with Crippen LogP contribution < -0.4 is 9.80 Å². The maximum Gasteiger partial charge on any atom is 0.428 e. The Morgan fingerprint density at radius 2 is 1.27 bits per heavy atom. The van der Waals surface area contributed by atoms with Crippen molar-refractivity contribution in [3.05, 3.63) is 30.3 Å². The van der Waals surface area contributed by atoms with Gasteiger partial charge in [0, 0.05) is 30.8 Å². The molecule has 4 aliphatic carbocycles. The van der Waals surface area contributed by atoms with E-state index in [4.69, 9.17) is 13.7 Å². The van der Waals surface area contributed by atoms with Gasteiger partial charge in [-0.3, -0.25) is 9.08 Å². The summed E-state index contributed by atoms with van der Waals surface area (Å²) >= 11 is 0. The summed E-state index contributed by atoms with van der Waals surface area (Å²) in [6.45, 7) is 33.0. The molecule has 20 heteroatoms. The topological polar surface area (TPSA) is 175 Å². The van der Waals surface area contributed by atoms with Crippen molar-refractivity contribution in [3.63, 3.8) is 0 Å². The summed E-state index contributed by atoms with van der Waals surface area (Å²) in [4.78, 5) is 28.2. The molecular formula is C50H86F4N3O11S2+. The largest absolute Gasteiger partial charge is 0.743 e. The third-order valence-electron chi connectivity index (χ3n) is 14.7. The average molecular weight is 1050 g/mol. The molecule has 6 aliphatic rings. The number of hydrogen-bond acceptors (Lipinski definition) is 12. The molecule has 406 valence electrons. The highest BCUT2D eigenvalue weighted by atomic mass is 32.2. The summed E-state index contributed by atoms with van der Waals surface area (Å²) in [5.74, 6) is -7.43. The summed E-state index contributed by atoms with van der Waals surface area (Å²) in [6.07, 6.45) is 4.62. The van der Waals surface area contributed by atoms with Gasteiger partial charge in [-0.25, -0.2) is 18.0 Å². The van der Waals surface area contributed by atoms with Crippen LogP contribution in [0.15, 0.2) is 30.3 Å². The first-order chi connectivity index (χ1) is 32.5. The Morgan fingerprint density at radius 3 is 1.70 bits per heavy atom. The van der Waals surface area contributed by atoms with Gasteiger partial charge in [0.1, 0.15) is 24.0 Å². The van der Waals surface area contributed by atoms with Gasteiger partial charge in [0.2, 0.25) is 0 Å². The van der Waals surface area contributed by atoms with E-state index in [1.807, 2.05) is 0 Å². The normalized spacial score (nSPS) is 27.8. The van der Waals surface area contributed by atoms with Crippen LogP contribution in [0.25, 0.3) is 0 Å². The molecule has 2 saturated heterocycles. The molecule has 10 unspecified atom stereocenters. The lowest BCUT2D eigenvalue weighted by Gasteiger charge is -2.28. The smallest absolute Gasteiger partial charge is 0.428 e. The zero-order valence-corrected chi connectivity index (χ0v) is 45.6. The molecule has 7 rings (SSSR count). The molecule has 14 nitrogen and oxygen atoms in total. The lowest BCUT2D eigenvalue weighted by molar-refractivity contribution is -0.940. The number of esters is 2. The fraction of sp³-hybridized carbons (Fsp3) is 0.840. The average Bonchev–Trinajstić information content (AvgIpc) is 4.10. The van der Waals surface area contributed by atoms with Crippen LogP contribution >= 0.6 is 0 Å². The van der Waals surface area contributed by atoms with Gasteiger partial charge in [-0.15, -0.1) is 0 Å². The Kier molecular flexibility index (Phi) is 23.6. The molecule has 70 heavy (non-hydrogen) atoms. The second-order valence-corrected chi connectivity index (χ2v) is 24.2. The number of para-hydroxylation sites is 1. The van der Waals surface area contributed by atoms with Crippen molar-refractivity contribution >= 4 is 37.9 Å². The van der Waals surface area contributed by atoms with Gasteiger partial charge in [-0.1, -0.05) is 51.8 Å². The van der Waals surface area contributed by atoms with Crippen molar-refractivity contribution in [2.24, 2.45) is 29.6 Å². The van der Waals surface area contributed by atoms with E-state index in [2.05, 4.69) is 123 Å². The van der Waals surface area contributed by atoms with Crippen LogP contribution in [0, 0.1) is 29.6 Å². The van der Waals surface area contributed by atoms with E-state index in [9.17, 15) is 48.5 Å². The number of nitrogens with one attached hydrogen (secondary N) is 2. The summed E-state index contributed by atoms with van der Waals surface area (Å²) in [7, 11) is -9.68. The Hall–Kier alpha value is -2.46. The van der Waals surface area contributed by atoms with Crippen LogP contribution in [0.1, 0.15) is 141 Å². The molecule has 0 spiro atoms. The molecule has 2 aliphatic heterocycles. The van der Waals surface area contributed by atoms with Crippen molar-refractivity contribution < 1.29 is 76.7 Å². The first-order valence-electron chi connectivity index (χ1n) is 25.7. The second kappa shape index (κ2) is 26.7. The number of rotatable bonds is 18. The van der Waals surface area contributed by atoms with E-state index in [0.717, 1.165) is 31.5 Å². The van der Waals surface area contributed by atoms with Crippen LogP contribution in [-0.4, -0.2) is 136 Å². The van der Waals surface area contributed by atoms with E-state index in [1.54, 1.807) is 9.80 Å². The highest BCUT2D eigenvalue weighted by molar-refractivity contribution is 7.87. The summed E-state index contributed by atoms with van der Waals surface area (Å²) < 4.78 is 126. The van der Waals surface area contributed by atoms with Gasteiger partial charge in [0.25, 0.3) is 10.1 Å². The first kappa shape index (κ1) is 61.8. The number of alkyl halides is 4. The lowest BCUT2D eigenvalue weighted by Crippen LogP contribution is -3.17. The molecule has 1 aromatic rings. The fourth-order valence-corrected chi connectivity index (χ4v) is 13.6. The fourth-order valence-electron chi connectivity index (χ4n) is 11.4. The zero-order chi connectivity index (χ0) is 53.1. The standard InChI is InChI=1S/C14H23N.C10H12F2O6S.C10H12F2O5S.2C8H19N/c1-3-5-12-15(13-6-4-2)14-10-8-7-9-11-14;11-10(12,19(14,15)16)9(13)18-7-4-1-5-3-17-8(7)6(5)2-4;1-10(11,12)9(13)16-7-4-2-5-6(3-4)18(14,15)17-8(5)7;2*1-6-9(7(2)3)8(4)5/h7-11H,3-6,12-13H2,1-2H3;4-8H,1-3H2,(H,14,15,16);4-8H,2-3H2,1H3;2*7-8H,6H2,1-5H3/p+1. The predicted molar refractivity (Wildman–Crippen MR) is 259 cm³/mol. The third-order valence-corrected chi connectivity index (χ3v) is 17.3. The predicted octanol–water partition coefficient (Wildman–Crippen LogP) is 6.42. The number of hydrogen-bond donors (Lipinski definition) is 2. The summed E-state index contributed by atoms with van der Waals surface area (Å²) in [5, 5.41) is -5.60. The maximum absolute atomic E-state index is 13.0. The molecule has 4 bridgehead atoms. The Bertz CT molecular complexity index is 1950. The second-order valence-electron chi connectivity index (χ2n) is 21.0. The number of halogens is 4. The van der Waals surface area contributed by atoms with Crippen molar-refractivity contribution in [2.75, 3.05) is 32.8 Å². The zero-order valence-electron chi connectivity index (χ0n) is 43.9. The molecule has 0 aromatic heterocycles. The van der Waals surface area contributed by atoms with Crippen molar-refractivity contribution in [3.8, 4) is 0 Å². The molecule has 1 aromatic carbocycles. The molecular weight excluding hydrogens is 959 g/mol. The summed E-state index contributed by atoms with van der Waals surface area (Å²) in [6, 6.07) is 13.8. The van der Waals surface area contributed by atoms with Crippen LogP contribution in [0.5, 0.6) is 0 Å². The minimum absolute atomic E-state index is 0.0865. The van der Waals surface area contributed by atoms with E-state index >= 15 is 0 Å². The molecule has 0 amide bonds. The number of quaternary nitrogens is 2. The van der Waals surface area contributed by atoms with Gasteiger partial charge >= 0.3 is 23.1 Å². The Balaban J connectivity index is 0.000000240. The SMILES string of the molecule is CC(F)(F)C(=O)OC1C2CC3C1OS(=O)(=O)C3C2.CCCC[NH+](CCCC)c1ccccc1.CCN(C(C)C)C(C)C.CC[NH+](C(C)C)C(C)C.O=C(OC1C2CC3COC1C3C2)C(F)(F)S(=O)(=O)[O-]. The molecule has 4 saturated carbocycles. The highest BCUT2D eigenvalue weighted by Crippen LogP contribution is 2.56. The molecule has 2 N–H and O–H groups in total. The van der Waals surface area contributed by atoms with E-state index in [1.165, 1.54) is 51.0 Å². The maximum atomic E-state index is 13.0. The molecule has 10 atom stereocenters. The van der Waals surface area contributed by atoms with Crippen molar-refractivity contribution in [1.29, 1.82) is 0 Å². The van der Waals surface area contributed by atoms with Gasteiger partial charge in [0.05, 0.1) is 49.7 Å². The number of ether oxygens (including phenoxy) is 3. The summed E-state index contributed by atoms with van der Waals surface area (Å²) in [5.41, 5.74) is 1.46. The number of nitrogens with zero attached hydrogens (tertiary/aromatic N) is 1. The van der Waals surface area contributed by atoms with Crippen molar-refractivity contribution in [2.45, 2.75) is 206 Å². The van der Waals surface area contributed by atoms with Gasteiger partial charge in [-0.05, 0) is 137 Å².